The van der Waals surface area contributed by atoms with Gasteiger partial charge in [0.05, 0.1) is 25.4 Å². The Hall–Kier alpha value is -0.160. The molecule has 0 radical (unpaired) electrons. The summed E-state index contributed by atoms with van der Waals surface area (Å²) in [5.41, 5.74) is 0. The molecule has 0 spiro atoms. The summed E-state index contributed by atoms with van der Waals surface area (Å²) < 4.78 is 5.18. The van der Waals surface area contributed by atoms with Gasteiger partial charge in [0.25, 0.3) is 0 Å². The van der Waals surface area contributed by atoms with E-state index < -0.39 is 0 Å². The lowest BCUT2D eigenvalue weighted by Crippen LogP contribution is -2.43. The van der Waals surface area contributed by atoms with Gasteiger partial charge < -0.3 is 20.5 Å². The van der Waals surface area contributed by atoms with Crippen LogP contribution in [-0.2, 0) is 4.74 Å². The molecule has 2 fully saturated rings. The first kappa shape index (κ1) is 10.4. The van der Waals surface area contributed by atoms with Crippen molar-refractivity contribution < 1.29 is 9.84 Å². The van der Waals surface area contributed by atoms with Gasteiger partial charge in [0.1, 0.15) is 0 Å². The molecule has 0 bridgehead atoms. The molecule has 0 saturated carbocycles. The van der Waals surface area contributed by atoms with Crippen LogP contribution in [0.15, 0.2) is 0 Å². The molecule has 2 atom stereocenters. The fourth-order valence-electron chi connectivity index (χ4n) is 2.14. The normalized spacial score (nSPS) is 34.9. The topological polar surface area (TPSA) is 53.5 Å². The largest absolute Gasteiger partial charge is 0.389 e. The van der Waals surface area contributed by atoms with Crippen molar-refractivity contribution in [2.75, 3.05) is 32.8 Å². The highest BCUT2D eigenvalue weighted by atomic mass is 16.5. The molecule has 2 saturated heterocycles. The van der Waals surface area contributed by atoms with Gasteiger partial charge in [0, 0.05) is 0 Å². The lowest BCUT2D eigenvalue weighted by molar-refractivity contribution is 0.121. The standard InChI is InChI=1S/C10H20N2O2/c13-10-7-14-6-9(10)12-5-8-1-3-11-4-2-8/h8-13H,1-7H2/t9-,10-/m1/s1. The molecule has 0 aliphatic carbocycles. The smallest absolute Gasteiger partial charge is 0.0948 e. The van der Waals surface area contributed by atoms with Gasteiger partial charge in [0.2, 0.25) is 0 Å². The molecule has 4 nitrogen and oxygen atoms in total. The maximum atomic E-state index is 9.52. The predicted octanol–water partition coefficient (Wildman–Crippen LogP) is -0.665. The Morgan fingerprint density at radius 1 is 1.29 bits per heavy atom. The van der Waals surface area contributed by atoms with E-state index in [-0.39, 0.29) is 12.1 Å². The quantitative estimate of drug-likeness (QED) is 0.566. The van der Waals surface area contributed by atoms with Gasteiger partial charge in [0.15, 0.2) is 0 Å². The van der Waals surface area contributed by atoms with Crippen molar-refractivity contribution in [3.8, 4) is 0 Å². The Labute approximate surface area is 85.0 Å². The number of rotatable bonds is 3. The summed E-state index contributed by atoms with van der Waals surface area (Å²) >= 11 is 0. The third-order valence-corrected chi connectivity index (χ3v) is 3.18. The highest BCUT2D eigenvalue weighted by molar-refractivity contribution is 4.82. The van der Waals surface area contributed by atoms with Crippen molar-refractivity contribution in [1.29, 1.82) is 0 Å². The third kappa shape index (κ3) is 2.67. The van der Waals surface area contributed by atoms with Crippen molar-refractivity contribution in [1.82, 2.24) is 10.6 Å². The summed E-state index contributed by atoms with van der Waals surface area (Å²) in [6, 6.07) is 0.157. The third-order valence-electron chi connectivity index (χ3n) is 3.18. The Balaban J connectivity index is 1.65. The second-order valence-corrected chi connectivity index (χ2v) is 4.31. The van der Waals surface area contributed by atoms with Crippen LogP contribution in [0.25, 0.3) is 0 Å². The molecular formula is C10H20N2O2. The van der Waals surface area contributed by atoms with E-state index in [1.54, 1.807) is 0 Å². The minimum absolute atomic E-state index is 0.157. The number of piperidine rings is 1. The Kier molecular flexibility index (Phi) is 3.75. The molecule has 2 aliphatic rings. The van der Waals surface area contributed by atoms with Crippen molar-refractivity contribution in [3.63, 3.8) is 0 Å². The molecule has 0 aromatic rings. The summed E-state index contributed by atoms with van der Waals surface area (Å²) in [6.07, 6.45) is 2.18. The van der Waals surface area contributed by atoms with Gasteiger partial charge in [-0.3, -0.25) is 0 Å². The van der Waals surface area contributed by atoms with Crippen LogP contribution in [-0.4, -0.2) is 50.1 Å². The number of aliphatic hydroxyl groups is 1. The highest BCUT2D eigenvalue weighted by Crippen LogP contribution is 2.12. The maximum absolute atomic E-state index is 9.52. The zero-order chi connectivity index (χ0) is 9.80. The first-order valence-corrected chi connectivity index (χ1v) is 5.56. The van der Waals surface area contributed by atoms with E-state index >= 15 is 0 Å². The maximum Gasteiger partial charge on any atom is 0.0948 e. The minimum Gasteiger partial charge on any atom is -0.389 e. The van der Waals surface area contributed by atoms with Crippen molar-refractivity contribution in [3.05, 3.63) is 0 Å². The van der Waals surface area contributed by atoms with E-state index in [2.05, 4.69) is 10.6 Å². The van der Waals surface area contributed by atoms with Gasteiger partial charge in [-0.1, -0.05) is 0 Å². The van der Waals surface area contributed by atoms with E-state index in [1.165, 1.54) is 12.8 Å². The van der Waals surface area contributed by atoms with Gasteiger partial charge in [-0.2, -0.15) is 0 Å². The molecule has 14 heavy (non-hydrogen) atoms. The fraction of sp³-hybridized carbons (Fsp3) is 1.00. The summed E-state index contributed by atoms with van der Waals surface area (Å²) in [6.45, 7) is 4.44. The molecule has 0 aromatic carbocycles. The van der Waals surface area contributed by atoms with Crippen molar-refractivity contribution in [2.45, 2.75) is 25.0 Å². The summed E-state index contributed by atoms with van der Waals surface area (Å²) in [5, 5.41) is 16.3. The molecule has 4 heteroatoms. The van der Waals surface area contributed by atoms with Gasteiger partial charge >= 0.3 is 0 Å². The van der Waals surface area contributed by atoms with Crippen LogP contribution in [0, 0.1) is 5.92 Å². The van der Waals surface area contributed by atoms with Crippen LogP contribution in [0.5, 0.6) is 0 Å². The highest BCUT2D eigenvalue weighted by Gasteiger charge is 2.26. The molecular weight excluding hydrogens is 180 g/mol. The number of hydrogen-bond acceptors (Lipinski definition) is 4. The van der Waals surface area contributed by atoms with E-state index in [0.717, 1.165) is 25.6 Å². The van der Waals surface area contributed by atoms with Gasteiger partial charge in [-0.15, -0.1) is 0 Å². The average molecular weight is 200 g/mol. The van der Waals surface area contributed by atoms with E-state index in [4.69, 9.17) is 4.74 Å². The summed E-state index contributed by atoms with van der Waals surface area (Å²) in [5.74, 6) is 0.768. The van der Waals surface area contributed by atoms with Crippen LogP contribution in [0.4, 0.5) is 0 Å². The Bertz CT molecular complexity index is 172. The van der Waals surface area contributed by atoms with Gasteiger partial charge in [-0.25, -0.2) is 0 Å². The second-order valence-electron chi connectivity index (χ2n) is 4.31. The molecule has 2 rings (SSSR count). The number of ether oxygens (including phenoxy) is 1. The monoisotopic (exact) mass is 200 g/mol. The van der Waals surface area contributed by atoms with E-state index in [0.29, 0.717) is 13.2 Å². The first-order chi connectivity index (χ1) is 6.86. The number of hydrogen-bond donors (Lipinski definition) is 3. The lowest BCUT2D eigenvalue weighted by Gasteiger charge is -2.25. The number of nitrogens with one attached hydrogen (secondary N) is 2. The fourth-order valence-corrected chi connectivity index (χ4v) is 2.14. The van der Waals surface area contributed by atoms with Crippen molar-refractivity contribution >= 4 is 0 Å². The van der Waals surface area contributed by atoms with Crippen LogP contribution >= 0.6 is 0 Å². The van der Waals surface area contributed by atoms with Crippen molar-refractivity contribution in [2.24, 2.45) is 5.92 Å². The average Bonchev–Trinajstić information content (AvgIpc) is 2.63. The minimum atomic E-state index is -0.309. The molecule has 0 aromatic heterocycles. The molecule has 82 valence electrons. The van der Waals surface area contributed by atoms with Crippen LogP contribution in [0.3, 0.4) is 0 Å². The first-order valence-electron chi connectivity index (χ1n) is 5.56. The molecule has 2 aliphatic heterocycles. The Morgan fingerprint density at radius 3 is 2.71 bits per heavy atom. The molecule has 3 N–H and O–H groups in total. The number of aliphatic hydroxyl groups excluding tert-OH is 1. The SMILES string of the molecule is O[C@@H]1COC[C@H]1NCC1CCNCC1. The van der Waals surface area contributed by atoms with Crippen LogP contribution in [0.2, 0.25) is 0 Å². The van der Waals surface area contributed by atoms with E-state index in [9.17, 15) is 5.11 Å². The zero-order valence-corrected chi connectivity index (χ0v) is 8.54. The molecule has 0 unspecified atom stereocenters. The van der Waals surface area contributed by atoms with E-state index in [1.807, 2.05) is 0 Å². The zero-order valence-electron chi connectivity index (χ0n) is 8.54. The lowest BCUT2D eigenvalue weighted by atomic mass is 9.98. The molecule has 2 heterocycles. The molecule has 0 amide bonds. The van der Waals surface area contributed by atoms with Crippen LogP contribution in [0.1, 0.15) is 12.8 Å². The predicted molar refractivity (Wildman–Crippen MR) is 54.2 cm³/mol. The summed E-state index contributed by atoms with van der Waals surface area (Å²) in [7, 11) is 0. The van der Waals surface area contributed by atoms with Crippen LogP contribution < -0.4 is 10.6 Å². The summed E-state index contributed by atoms with van der Waals surface area (Å²) in [4.78, 5) is 0. The second kappa shape index (κ2) is 5.07. The Morgan fingerprint density at radius 2 is 2.07 bits per heavy atom. The van der Waals surface area contributed by atoms with Gasteiger partial charge in [-0.05, 0) is 38.4 Å².